The molecule has 4 amide bonds. The summed E-state index contributed by atoms with van der Waals surface area (Å²) in [7, 11) is 0. The number of hydrogen-bond acceptors (Lipinski definition) is 4. The summed E-state index contributed by atoms with van der Waals surface area (Å²) in [6.45, 7) is 6.55. The van der Waals surface area contributed by atoms with Crippen molar-refractivity contribution >= 4 is 17.8 Å². The summed E-state index contributed by atoms with van der Waals surface area (Å²) in [6.07, 6.45) is 1.06. The average Bonchev–Trinajstić information content (AvgIpc) is 3.12. The highest BCUT2D eigenvalue weighted by molar-refractivity contribution is 6.21. The summed E-state index contributed by atoms with van der Waals surface area (Å²) in [5.74, 6) is -0.734. The van der Waals surface area contributed by atoms with Crippen LogP contribution in [0, 0.1) is 11.3 Å². The van der Waals surface area contributed by atoms with E-state index in [4.69, 9.17) is 4.74 Å². The van der Waals surface area contributed by atoms with Gasteiger partial charge in [0.2, 0.25) is 11.8 Å². The zero-order valence-corrected chi connectivity index (χ0v) is 11.6. The van der Waals surface area contributed by atoms with E-state index in [0.29, 0.717) is 26.1 Å². The number of carbonyl (C=O) groups excluding carboxylic acids is 3. The molecule has 1 heterocycles. The second-order valence-electron chi connectivity index (χ2n) is 5.49. The molecule has 1 N–H and O–H groups in total. The van der Waals surface area contributed by atoms with Gasteiger partial charge in [-0.1, -0.05) is 13.8 Å². The van der Waals surface area contributed by atoms with Crippen molar-refractivity contribution in [1.29, 1.82) is 0 Å². The van der Waals surface area contributed by atoms with E-state index >= 15 is 0 Å². The maximum absolute atomic E-state index is 12.4. The molecule has 1 spiro atoms. The summed E-state index contributed by atoms with van der Waals surface area (Å²) in [6, 6.07) is -0.955. The first-order valence-corrected chi connectivity index (χ1v) is 6.71. The van der Waals surface area contributed by atoms with Crippen LogP contribution in [0.1, 0.15) is 33.6 Å². The summed E-state index contributed by atoms with van der Waals surface area (Å²) >= 11 is 0. The number of ether oxygens (including phenoxy) is 1. The predicted molar refractivity (Wildman–Crippen MR) is 67.2 cm³/mol. The molecule has 0 radical (unpaired) electrons. The Bertz CT molecular complexity index is 415. The Hall–Kier alpha value is -1.43. The maximum Gasteiger partial charge on any atom is 0.331 e. The number of nitrogens with zero attached hydrogens (tertiary/aromatic N) is 1. The third-order valence-electron chi connectivity index (χ3n) is 3.85. The van der Waals surface area contributed by atoms with Gasteiger partial charge in [0.1, 0.15) is 5.41 Å². The lowest BCUT2D eigenvalue weighted by Crippen LogP contribution is -2.63. The Balaban J connectivity index is 2.22. The molecule has 0 aromatic heterocycles. The first-order valence-electron chi connectivity index (χ1n) is 6.71. The Morgan fingerprint density at radius 1 is 1.32 bits per heavy atom. The van der Waals surface area contributed by atoms with Crippen LogP contribution in [-0.2, 0) is 14.3 Å². The number of imide groups is 2. The third kappa shape index (κ3) is 2.25. The molecule has 6 nitrogen and oxygen atoms in total. The van der Waals surface area contributed by atoms with Crippen LogP contribution in [-0.4, -0.2) is 42.0 Å². The zero-order chi connectivity index (χ0) is 14.2. The van der Waals surface area contributed by atoms with E-state index in [0.717, 1.165) is 0 Å². The highest BCUT2D eigenvalue weighted by atomic mass is 16.5. The number of nitrogens with one attached hydrogen (secondary N) is 1. The molecule has 2 rings (SSSR count). The van der Waals surface area contributed by atoms with E-state index in [9.17, 15) is 14.4 Å². The van der Waals surface area contributed by atoms with E-state index in [-0.39, 0.29) is 17.9 Å². The number of urea groups is 1. The Morgan fingerprint density at radius 3 is 2.42 bits per heavy atom. The molecular formula is C13H20N2O4. The largest absolute Gasteiger partial charge is 0.380 e. The lowest BCUT2D eigenvalue weighted by Gasteiger charge is -2.37. The van der Waals surface area contributed by atoms with E-state index in [2.05, 4.69) is 5.32 Å². The van der Waals surface area contributed by atoms with Crippen molar-refractivity contribution < 1.29 is 19.1 Å². The molecule has 1 aliphatic carbocycles. The second-order valence-corrected chi connectivity index (χ2v) is 5.49. The molecule has 106 valence electrons. The first-order chi connectivity index (χ1) is 8.94. The van der Waals surface area contributed by atoms with Crippen LogP contribution in [0.4, 0.5) is 4.79 Å². The fraction of sp³-hybridized carbons (Fsp3) is 0.769. The Kier molecular flexibility index (Phi) is 3.62. The van der Waals surface area contributed by atoms with Crippen LogP contribution < -0.4 is 5.32 Å². The number of carbonyl (C=O) groups is 3. The molecule has 1 saturated carbocycles. The van der Waals surface area contributed by atoms with Gasteiger partial charge in [-0.2, -0.15) is 0 Å². The normalized spacial score (nSPS) is 22.9. The standard InChI is InChI=1S/C13H20N2O4/c1-4-19-7-9(8(2)3)15-11(17)13(5-6-13)10(16)14-12(15)18/h8-9H,4-7H2,1-3H3,(H,14,16,18). The molecule has 0 aromatic carbocycles. The maximum atomic E-state index is 12.4. The van der Waals surface area contributed by atoms with Crippen molar-refractivity contribution in [3.63, 3.8) is 0 Å². The van der Waals surface area contributed by atoms with Gasteiger partial charge in [0.05, 0.1) is 12.6 Å². The van der Waals surface area contributed by atoms with Gasteiger partial charge in [-0.3, -0.25) is 19.8 Å². The average molecular weight is 268 g/mol. The number of amides is 4. The van der Waals surface area contributed by atoms with Gasteiger partial charge in [-0.05, 0) is 25.7 Å². The molecule has 6 heteroatoms. The predicted octanol–water partition coefficient (Wildman–Crippen LogP) is 0.906. The van der Waals surface area contributed by atoms with Crippen molar-refractivity contribution in [2.45, 2.75) is 39.7 Å². The molecule has 1 atom stereocenters. The highest BCUT2D eigenvalue weighted by Crippen LogP contribution is 2.49. The molecule has 2 fully saturated rings. The molecular weight excluding hydrogens is 248 g/mol. The molecule has 0 bridgehead atoms. The van der Waals surface area contributed by atoms with E-state index in [1.807, 2.05) is 20.8 Å². The fourth-order valence-corrected chi connectivity index (χ4v) is 2.37. The van der Waals surface area contributed by atoms with Gasteiger partial charge < -0.3 is 4.74 Å². The van der Waals surface area contributed by atoms with Crippen LogP contribution in [0.5, 0.6) is 0 Å². The van der Waals surface area contributed by atoms with E-state index in [1.54, 1.807) is 0 Å². The smallest absolute Gasteiger partial charge is 0.331 e. The van der Waals surface area contributed by atoms with E-state index in [1.165, 1.54) is 4.90 Å². The van der Waals surface area contributed by atoms with Gasteiger partial charge in [0, 0.05) is 6.61 Å². The molecule has 1 saturated heterocycles. The molecule has 2 aliphatic rings. The minimum Gasteiger partial charge on any atom is -0.380 e. The van der Waals surface area contributed by atoms with Crippen molar-refractivity contribution in [2.24, 2.45) is 11.3 Å². The second kappa shape index (κ2) is 4.92. The van der Waals surface area contributed by atoms with Crippen molar-refractivity contribution in [3.05, 3.63) is 0 Å². The number of rotatable bonds is 5. The van der Waals surface area contributed by atoms with E-state index < -0.39 is 17.4 Å². The molecule has 0 aromatic rings. The lowest BCUT2D eigenvalue weighted by molar-refractivity contribution is -0.147. The van der Waals surface area contributed by atoms with Gasteiger partial charge in [-0.15, -0.1) is 0 Å². The lowest BCUT2D eigenvalue weighted by atomic mass is 9.96. The summed E-state index contributed by atoms with van der Waals surface area (Å²) in [4.78, 5) is 37.3. The number of barbiturate groups is 1. The minimum absolute atomic E-state index is 0.0743. The van der Waals surface area contributed by atoms with Crippen molar-refractivity contribution in [3.8, 4) is 0 Å². The van der Waals surface area contributed by atoms with Gasteiger partial charge in [0.25, 0.3) is 0 Å². The Morgan fingerprint density at radius 2 is 1.95 bits per heavy atom. The summed E-state index contributed by atoms with van der Waals surface area (Å²) in [5.41, 5.74) is -0.979. The van der Waals surface area contributed by atoms with Gasteiger partial charge in [-0.25, -0.2) is 4.79 Å². The quantitative estimate of drug-likeness (QED) is 0.752. The fourth-order valence-electron chi connectivity index (χ4n) is 2.37. The summed E-state index contributed by atoms with van der Waals surface area (Å²) in [5, 5.41) is 2.30. The third-order valence-corrected chi connectivity index (χ3v) is 3.85. The molecule has 1 aliphatic heterocycles. The number of hydrogen-bond donors (Lipinski definition) is 1. The van der Waals surface area contributed by atoms with Crippen molar-refractivity contribution in [2.75, 3.05) is 13.2 Å². The van der Waals surface area contributed by atoms with Crippen LogP contribution in [0.15, 0.2) is 0 Å². The highest BCUT2D eigenvalue weighted by Gasteiger charge is 2.63. The molecule has 1 unspecified atom stereocenters. The summed E-state index contributed by atoms with van der Waals surface area (Å²) < 4.78 is 5.36. The van der Waals surface area contributed by atoms with Crippen LogP contribution in [0.3, 0.4) is 0 Å². The topological polar surface area (TPSA) is 75.7 Å². The molecule has 19 heavy (non-hydrogen) atoms. The van der Waals surface area contributed by atoms with Gasteiger partial charge >= 0.3 is 6.03 Å². The zero-order valence-electron chi connectivity index (χ0n) is 11.6. The van der Waals surface area contributed by atoms with Crippen LogP contribution in [0.2, 0.25) is 0 Å². The SMILES string of the molecule is CCOCC(C(C)C)N1C(=O)NC(=O)C2(CC2)C1=O. The van der Waals surface area contributed by atoms with Crippen LogP contribution >= 0.6 is 0 Å². The van der Waals surface area contributed by atoms with Crippen LogP contribution in [0.25, 0.3) is 0 Å². The first kappa shape index (κ1) is 14.0. The Labute approximate surface area is 112 Å². The monoisotopic (exact) mass is 268 g/mol. The minimum atomic E-state index is -0.979. The van der Waals surface area contributed by atoms with Gasteiger partial charge in [0.15, 0.2) is 0 Å². The van der Waals surface area contributed by atoms with Crippen molar-refractivity contribution in [1.82, 2.24) is 10.2 Å².